The Bertz CT molecular complexity index is 1430. The molecular formula is C28H21NO. The average molecular weight is 387 g/mol. The maximum absolute atomic E-state index is 6.30. The molecule has 0 saturated heterocycles. The van der Waals surface area contributed by atoms with E-state index < -0.39 is 0 Å². The number of fused-ring (bicyclic) bond motifs is 7. The maximum atomic E-state index is 6.30. The lowest BCUT2D eigenvalue weighted by molar-refractivity contribution is 0.670. The third-order valence-corrected chi connectivity index (χ3v) is 6.87. The molecule has 2 aliphatic carbocycles. The first-order valence-electron chi connectivity index (χ1n) is 10.8. The summed E-state index contributed by atoms with van der Waals surface area (Å²) >= 11 is 0. The molecule has 0 fully saturated rings. The van der Waals surface area contributed by atoms with Gasteiger partial charge in [0, 0.05) is 27.9 Å². The minimum absolute atomic E-state index is 0.346. The highest BCUT2D eigenvalue weighted by molar-refractivity contribution is 6.09. The Kier molecular flexibility index (Phi) is 3.25. The number of hydrogen-bond acceptors (Lipinski definition) is 2. The molecule has 2 heterocycles. The highest BCUT2D eigenvalue weighted by atomic mass is 16.3. The van der Waals surface area contributed by atoms with Gasteiger partial charge in [-0.15, -0.1) is 0 Å². The minimum Gasteiger partial charge on any atom is -0.455 e. The van der Waals surface area contributed by atoms with Crippen molar-refractivity contribution in [2.45, 2.75) is 24.8 Å². The van der Waals surface area contributed by atoms with Crippen LogP contribution >= 0.6 is 0 Å². The highest BCUT2D eigenvalue weighted by Gasteiger charge is 2.36. The fourth-order valence-corrected chi connectivity index (χ4v) is 5.47. The van der Waals surface area contributed by atoms with Gasteiger partial charge in [0.1, 0.15) is 11.2 Å². The Morgan fingerprint density at radius 2 is 1.83 bits per heavy atom. The third-order valence-electron chi connectivity index (χ3n) is 6.87. The summed E-state index contributed by atoms with van der Waals surface area (Å²) in [7, 11) is 0. The number of para-hydroxylation sites is 2. The van der Waals surface area contributed by atoms with E-state index in [0.717, 1.165) is 29.6 Å². The number of hydrogen-bond donors (Lipinski definition) is 1. The molecular weight excluding hydrogens is 366 g/mol. The molecule has 3 aliphatic rings. The lowest BCUT2D eigenvalue weighted by Gasteiger charge is -2.27. The van der Waals surface area contributed by atoms with E-state index in [-0.39, 0.29) is 0 Å². The topological polar surface area (TPSA) is 25.2 Å². The number of furan rings is 1. The van der Waals surface area contributed by atoms with Crippen LogP contribution in [-0.4, -0.2) is 6.04 Å². The van der Waals surface area contributed by atoms with Gasteiger partial charge in [0.05, 0.1) is 6.04 Å². The van der Waals surface area contributed by atoms with Crippen molar-refractivity contribution in [1.29, 1.82) is 0 Å². The fraction of sp³-hybridized carbons (Fsp3) is 0.143. The van der Waals surface area contributed by atoms with Gasteiger partial charge in [-0.25, -0.2) is 0 Å². The van der Waals surface area contributed by atoms with E-state index in [1.54, 1.807) is 0 Å². The molecule has 2 nitrogen and oxygen atoms in total. The van der Waals surface area contributed by atoms with Crippen molar-refractivity contribution < 1.29 is 4.42 Å². The number of benzene rings is 3. The summed E-state index contributed by atoms with van der Waals surface area (Å²) < 4.78 is 6.30. The zero-order valence-corrected chi connectivity index (χ0v) is 16.6. The molecule has 2 unspecified atom stereocenters. The second-order valence-corrected chi connectivity index (χ2v) is 8.51. The molecule has 7 rings (SSSR count). The van der Waals surface area contributed by atoms with Crippen LogP contribution in [0.25, 0.3) is 33.1 Å². The molecule has 2 atom stereocenters. The van der Waals surface area contributed by atoms with Crippen LogP contribution in [-0.2, 0) is 0 Å². The number of anilines is 1. The zero-order chi connectivity index (χ0) is 19.7. The Hall–Kier alpha value is -3.52. The SMILES string of the molecule is C1=CC2=C(C=CC3Nc4ccc(-c5cccc6c5oc5ccccc56)cc4C23)CC1. The standard InChI is InChI=1S/C28H21NO/c1-2-7-19-17(6-1)12-15-25-27(19)23-16-18(13-14-24(23)29-25)20-9-5-10-22-21-8-3-4-11-26(21)30-28(20)22/h2-5,7-16,25,27,29H,1,6H2. The Morgan fingerprint density at radius 3 is 2.83 bits per heavy atom. The molecule has 2 heteroatoms. The molecule has 1 N–H and O–H groups in total. The van der Waals surface area contributed by atoms with Gasteiger partial charge in [0.25, 0.3) is 0 Å². The Labute approximate surface area is 175 Å². The predicted octanol–water partition coefficient (Wildman–Crippen LogP) is 7.35. The van der Waals surface area contributed by atoms with Crippen LogP contribution in [0.2, 0.25) is 0 Å². The first kappa shape index (κ1) is 16.3. The quantitative estimate of drug-likeness (QED) is 0.369. The number of allylic oxidation sites excluding steroid dienone is 4. The summed E-state index contributed by atoms with van der Waals surface area (Å²) in [5.41, 5.74) is 9.94. The van der Waals surface area contributed by atoms with E-state index in [1.807, 2.05) is 12.1 Å². The van der Waals surface area contributed by atoms with Crippen molar-refractivity contribution in [2.75, 3.05) is 5.32 Å². The molecule has 144 valence electrons. The van der Waals surface area contributed by atoms with Gasteiger partial charge in [-0.05, 0) is 53.3 Å². The summed E-state index contributed by atoms with van der Waals surface area (Å²) in [6, 6.07) is 22.0. The number of rotatable bonds is 1. The zero-order valence-electron chi connectivity index (χ0n) is 16.6. The maximum Gasteiger partial charge on any atom is 0.143 e. The summed E-state index contributed by atoms with van der Waals surface area (Å²) in [5, 5.41) is 6.09. The van der Waals surface area contributed by atoms with Gasteiger partial charge in [-0.1, -0.05) is 66.8 Å². The Balaban J connectivity index is 1.42. The van der Waals surface area contributed by atoms with Crippen molar-refractivity contribution in [2.24, 2.45) is 0 Å². The normalized spacial score (nSPS) is 21.6. The predicted molar refractivity (Wildman–Crippen MR) is 124 cm³/mol. The first-order chi connectivity index (χ1) is 14.9. The minimum atomic E-state index is 0.346. The lowest BCUT2D eigenvalue weighted by Crippen LogP contribution is -2.23. The summed E-state index contributed by atoms with van der Waals surface area (Å²) in [5.74, 6) is 0.395. The van der Waals surface area contributed by atoms with Gasteiger partial charge in [-0.2, -0.15) is 0 Å². The van der Waals surface area contributed by atoms with Gasteiger partial charge < -0.3 is 9.73 Å². The molecule has 3 aromatic carbocycles. The molecule has 1 aromatic heterocycles. The third kappa shape index (κ3) is 2.19. The van der Waals surface area contributed by atoms with Crippen LogP contribution in [0, 0.1) is 0 Å². The van der Waals surface area contributed by atoms with E-state index in [1.165, 1.54) is 38.7 Å². The first-order valence-corrected chi connectivity index (χ1v) is 10.8. The molecule has 0 amide bonds. The second-order valence-electron chi connectivity index (χ2n) is 8.51. The van der Waals surface area contributed by atoms with E-state index in [0.29, 0.717) is 12.0 Å². The fourth-order valence-electron chi connectivity index (χ4n) is 5.47. The summed E-state index contributed by atoms with van der Waals surface area (Å²) in [6.45, 7) is 0. The summed E-state index contributed by atoms with van der Waals surface area (Å²) in [6.07, 6.45) is 11.7. The van der Waals surface area contributed by atoms with Crippen molar-refractivity contribution in [1.82, 2.24) is 0 Å². The monoisotopic (exact) mass is 387 g/mol. The van der Waals surface area contributed by atoms with Crippen molar-refractivity contribution in [3.05, 3.63) is 102 Å². The van der Waals surface area contributed by atoms with Crippen LogP contribution in [0.1, 0.15) is 24.3 Å². The largest absolute Gasteiger partial charge is 0.455 e. The highest BCUT2D eigenvalue weighted by Crippen LogP contribution is 2.48. The van der Waals surface area contributed by atoms with Crippen LogP contribution in [0.4, 0.5) is 5.69 Å². The second kappa shape index (κ2) is 5.99. The van der Waals surface area contributed by atoms with E-state index >= 15 is 0 Å². The van der Waals surface area contributed by atoms with E-state index in [4.69, 9.17) is 4.42 Å². The van der Waals surface area contributed by atoms with Crippen molar-refractivity contribution in [3.8, 4) is 11.1 Å². The molecule has 4 aromatic rings. The van der Waals surface area contributed by atoms with Crippen molar-refractivity contribution in [3.63, 3.8) is 0 Å². The molecule has 1 aliphatic heterocycles. The van der Waals surface area contributed by atoms with Gasteiger partial charge in [0.15, 0.2) is 0 Å². The lowest BCUT2D eigenvalue weighted by atomic mass is 9.77. The molecule has 0 radical (unpaired) electrons. The Morgan fingerprint density at radius 1 is 0.900 bits per heavy atom. The average Bonchev–Trinajstić information content (AvgIpc) is 3.37. The summed E-state index contributed by atoms with van der Waals surface area (Å²) in [4.78, 5) is 0. The smallest absolute Gasteiger partial charge is 0.143 e. The van der Waals surface area contributed by atoms with Gasteiger partial charge >= 0.3 is 0 Å². The van der Waals surface area contributed by atoms with Crippen molar-refractivity contribution >= 4 is 27.6 Å². The van der Waals surface area contributed by atoms with Gasteiger partial charge in [0.2, 0.25) is 0 Å². The molecule has 0 saturated carbocycles. The van der Waals surface area contributed by atoms with Crippen LogP contribution in [0.3, 0.4) is 0 Å². The van der Waals surface area contributed by atoms with Crippen LogP contribution in [0.15, 0.2) is 101 Å². The van der Waals surface area contributed by atoms with E-state index in [2.05, 4.69) is 78.2 Å². The molecule has 30 heavy (non-hydrogen) atoms. The van der Waals surface area contributed by atoms with Gasteiger partial charge in [-0.3, -0.25) is 0 Å². The van der Waals surface area contributed by atoms with E-state index in [9.17, 15) is 0 Å². The van der Waals surface area contributed by atoms with Crippen LogP contribution in [0.5, 0.6) is 0 Å². The van der Waals surface area contributed by atoms with Crippen LogP contribution < -0.4 is 5.32 Å². The number of nitrogens with one attached hydrogen (secondary N) is 1. The molecule has 0 spiro atoms. The molecule has 0 bridgehead atoms.